The lowest BCUT2D eigenvalue weighted by Gasteiger charge is -2.19. The van der Waals surface area contributed by atoms with Gasteiger partial charge in [-0.2, -0.15) is 4.39 Å². The first-order valence-electron chi connectivity index (χ1n) is 7.42. The van der Waals surface area contributed by atoms with Crippen molar-refractivity contribution in [2.75, 3.05) is 19.8 Å². The van der Waals surface area contributed by atoms with E-state index >= 15 is 0 Å². The third kappa shape index (κ3) is 6.81. The lowest BCUT2D eigenvalue weighted by Crippen LogP contribution is -2.33. The van der Waals surface area contributed by atoms with Crippen LogP contribution in [0, 0.1) is 11.6 Å². The fourth-order valence-electron chi connectivity index (χ4n) is 1.86. The number of rotatable bonds is 7. The number of aliphatic hydroxyl groups excluding tert-OH is 1. The van der Waals surface area contributed by atoms with Gasteiger partial charge in [0.1, 0.15) is 12.2 Å². The third-order valence-corrected chi connectivity index (χ3v) is 2.76. The van der Waals surface area contributed by atoms with Gasteiger partial charge in [0.2, 0.25) is 5.82 Å². The summed E-state index contributed by atoms with van der Waals surface area (Å²) in [7, 11) is 0. The number of benzene rings is 1. The molecule has 0 aliphatic heterocycles. The summed E-state index contributed by atoms with van der Waals surface area (Å²) in [6.07, 6.45) is 0.354. The minimum absolute atomic E-state index is 0.121. The molecule has 0 bridgehead atoms. The maximum atomic E-state index is 13.7. The van der Waals surface area contributed by atoms with Crippen molar-refractivity contribution in [2.45, 2.75) is 39.2 Å². The van der Waals surface area contributed by atoms with E-state index in [4.69, 9.17) is 14.6 Å². The molecule has 0 saturated carbocycles. The first kappa shape index (κ1) is 19.2. The van der Waals surface area contributed by atoms with E-state index in [1.807, 2.05) is 0 Å². The number of carbonyl (C=O) groups is 1. The Kier molecular flexibility index (Phi) is 7.22. The molecule has 0 atom stereocenters. The maximum Gasteiger partial charge on any atom is 0.407 e. The van der Waals surface area contributed by atoms with Gasteiger partial charge in [-0.05, 0) is 45.2 Å². The molecule has 1 amide bonds. The SMILES string of the molecule is CC(C)(C)OC(=O)NCCCc1ccc(F)c(F)c1OCCO. The molecule has 0 saturated heterocycles. The zero-order chi connectivity index (χ0) is 17.5. The first-order chi connectivity index (χ1) is 10.7. The van der Waals surface area contributed by atoms with Crippen LogP contribution >= 0.6 is 0 Å². The number of ether oxygens (including phenoxy) is 2. The highest BCUT2D eigenvalue weighted by Gasteiger charge is 2.17. The molecule has 1 aromatic carbocycles. The highest BCUT2D eigenvalue weighted by molar-refractivity contribution is 5.67. The zero-order valence-electron chi connectivity index (χ0n) is 13.6. The first-order valence-corrected chi connectivity index (χ1v) is 7.42. The molecule has 0 spiro atoms. The van der Waals surface area contributed by atoms with E-state index in [1.54, 1.807) is 20.8 Å². The number of halogens is 2. The van der Waals surface area contributed by atoms with Crippen LogP contribution in [-0.4, -0.2) is 36.6 Å². The van der Waals surface area contributed by atoms with Crippen molar-refractivity contribution in [3.63, 3.8) is 0 Å². The van der Waals surface area contributed by atoms with Crippen molar-refractivity contribution < 1.29 is 28.2 Å². The van der Waals surface area contributed by atoms with E-state index in [9.17, 15) is 13.6 Å². The predicted molar refractivity (Wildman–Crippen MR) is 81.5 cm³/mol. The summed E-state index contributed by atoms with van der Waals surface area (Å²) >= 11 is 0. The molecule has 5 nitrogen and oxygen atoms in total. The Balaban J connectivity index is 2.54. The van der Waals surface area contributed by atoms with Crippen LogP contribution in [0.25, 0.3) is 0 Å². The fourth-order valence-corrected chi connectivity index (χ4v) is 1.86. The molecule has 1 aromatic rings. The van der Waals surface area contributed by atoms with Gasteiger partial charge in [0.05, 0.1) is 6.61 Å². The van der Waals surface area contributed by atoms with Crippen molar-refractivity contribution in [3.05, 3.63) is 29.3 Å². The van der Waals surface area contributed by atoms with Crippen molar-refractivity contribution in [1.29, 1.82) is 0 Å². The number of amides is 1. The minimum atomic E-state index is -1.07. The zero-order valence-corrected chi connectivity index (χ0v) is 13.6. The summed E-state index contributed by atoms with van der Waals surface area (Å²) in [6, 6.07) is 2.45. The van der Waals surface area contributed by atoms with Gasteiger partial charge in [-0.3, -0.25) is 0 Å². The molecular weight excluding hydrogens is 308 g/mol. The van der Waals surface area contributed by atoms with Crippen LogP contribution in [0.2, 0.25) is 0 Å². The smallest absolute Gasteiger partial charge is 0.407 e. The molecule has 1 rings (SSSR count). The molecule has 23 heavy (non-hydrogen) atoms. The van der Waals surface area contributed by atoms with Gasteiger partial charge in [0, 0.05) is 6.54 Å². The van der Waals surface area contributed by atoms with Crippen molar-refractivity contribution >= 4 is 6.09 Å². The Hall–Kier alpha value is -1.89. The number of hydrogen-bond donors (Lipinski definition) is 2. The molecular formula is C16H23F2NO4. The van der Waals surface area contributed by atoms with Crippen LogP contribution in [0.15, 0.2) is 12.1 Å². The van der Waals surface area contributed by atoms with Crippen LogP contribution in [0.4, 0.5) is 13.6 Å². The Bertz CT molecular complexity index is 530. The second-order valence-corrected chi connectivity index (χ2v) is 5.95. The largest absolute Gasteiger partial charge is 0.488 e. The molecule has 0 aliphatic rings. The van der Waals surface area contributed by atoms with Gasteiger partial charge in [-0.15, -0.1) is 0 Å². The van der Waals surface area contributed by atoms with E-state index in [1.165, 1.54) is 6.07 Å². The average Bonchev–Trinajstić information content (AvgIpc) is 2.44. The number of nitrogens with one attached hydrogen (secondary N) is 1. The van der Waals surface area contributed by atoms with E-state index in [2.05, 4.69) is 5.32 Å². The lowest BCUT2D eigenvalue weighted by molar-refractivity contribution is 0.0527. The molecule has 0 fully saturated rings. The summed E-state index contributed by atoms with van der Waals surface area (Å²) in [5, 5.41) is 11.3. The quantitative estimate of drug-likeness (QED) is 0.754. The average molecular weight is 331 g/mol. The number of alkyl carbamates (subject to hydrolysis) is 1. The van der Waals surface area contributed by atoms with Crippen LogP contribution < -0.4 is 10.1 Å². The minimum Gasteiger partial charge on any atom is -0.488 e. The van der Waals surface area contributed by atoms with Gasteiger partial charge in [0.15, 0.2) is 11.6 Å². The summed E-state index contributed by atoms with van der Waals surface area (Å²) in [5.74, 6) is -2.28. The van der Waals surface area contributed by atoms with Gasteiger partial charge < -0.3 is 19.9 Å². The van der Waals surface area contributed by atoms with Crippen LogP contribution in [0.1, 0.15) is 32.8 Å². The van der Waals surface area contributed by atoms with Crippen LogP contribution in [-0.2, 0) is 11.2 Å². The van der Waals surface area contributed by atoms with Gasteiger partial charge in [0.25, 0.3) is 0 Å². The summed E-state index contributed by atoms with van der Waals surface area (Å²) in [5.41, 5.74) is -0.0986. The monoisotopic (exact) mass is 331 g/mol. The standard InChI is InChI=1S/C16H23F2NO4/c1-16(2,3)23-15(21)19-8-4-5-11-6-7-12(17)13(18)14(11)22-10-9-20/h6-7,20H,4-5,8-10H2,1-3H3,(H,19,21). The normalized spacial score (nSPS) is 11.2. The van der Waals surface area contributed by atoms with Crippen LogP contribution in [0.3, 0.4) is 0 Å². The highest BCUT2D eigenvalue weighted by Crippen LogP contribution is 2.26. The van der Waals surface area contributed by atoms with E-state index in [0.29, 0.717) is 24.9 Å². The predicted octanol–water partition coefficient (Wildman–Crippen LogP) is 2.79. The molecule has 0 radical (unpaired) electrons. The van der Waals surface area contributed by atoms with Crippen molar-refractivity contribution in [2.24, 2.45) is 0 Å². The van der Waals surface area contributed by atoms with Gasteiger partial charge in [-0.25, -0.2) is 9.18 Å². The second-order valence-electron chi connectivity index (χ2n) is 5.95. The van der Waals surface area contributed by atoms with Gasteiger partial charge >= 0.3 is 6.09 Å². The van der Waals surface area contributed by atoms with E-state index < -0.39 is 23.3 Å². The molecule has 130 valence electrons. The molecule has 0 aromatic heterocycles. The number of hydrogen-bond acceptors (Lipinski definition) is 4. The third-order valence-electron chi connectivity index (χ3n) is 2.76. The highest BCUT2D eigenvalue weighted by atomic mass is 19.2. The number of carbonyl (C=O) groups excluding carboxylic acids is 1. The van der Waals surface area contributed by atoms with E-state index in [-0.39, 0.29) is 19.0 Å². The Morgan fingerprint density at radius 2 is 2.00 bits per heavy atom. The molecule has 0 unspecified atom stereocenters. The summed E-state index contributed by atoms with van der Waals surface area (Å²) in [4.78, 5) is 11.5. The second kappa shape index (κ2) is 8.67. The number of aryl methyl sites for hydroxylation is 1. The van der Waals surface area contributed by atoms with Crippen molar-refractivity contribution in [3.8, 4) is 5.75 Å². The molecule has 0 heterocycles. The summed E-state index contributed by atoms with van der Waals surface area (Å²) in [6.45, 7) is 5.20. The number of aliphatic hydroxyl groups is 1. The van der Waals surface area contributed by atoms with Crippen LogP contribution in [0.5, 0.6) is 5.75 Å². The molecule has 2 N–H and O–H groups in total. The summed E-state index contributed by atoms with van der Waals surface area (Å²) < 4.78 is 37.1. The maximum absolute atomic E-state index is 13.7. The Labute approximate surface area is 134 Å². The topological polar surface area (TPSA) is 67.8 Å². The Morgan fingerprint density at radius 3 is 2.61 bits per heavy atom. The van der Waals surface area contributed by atoms with Crippen molar-refractivity contribution in [1.82, 2.24) is 5.32 Å². The molecule has 0 aliphatic carbocycles. The fraction of sp³-hybridized carbons (Fsp3) is 0.562. The van der Waals surface area contributed by atoms with Gasteiger partial charge in [-0.1, -0.05) is 6.07 Å². The van der Waals surface area contributed by atoms with E-state index in [0.717, 1.165) is 6.07 Å². The lowest BCUT2D eigenvalue weighted by atomic mass is 10.1. The Morgan fingerprint density at radius 1 is 1.30 bits per heavy atom. The molecule has 7 heteroatoms.